The number of fused-ring (bicyclic) bond motifs is 5. The van der Waals surface area contributed by atoms with E-state index in [0.29, 0.717) is 64.7 Å². The van der Waals surface area contributed by atoms with Crippen LogP contribution in [0.1, 0.15) is 122 Å². The minimum atomic E-state index is -1.69. The van der Waals surface area contributed by atoms with E-state index in [0.717, 1.165) is 11.1 Å². The maximum absolute atomic E-state index is 16.1. The van der Waals surface area contributed by atoms with Crippen molar-refractivity contribution >= 4 is 102 Å². The van der Waals surface area contributed by atoms with Gasteiger partial charge in [0.25, 0.3) is 0 Å². The number of anilines is 2. The highest BCUT2D eigenvalue weighted by atomic mass is 79.9. The quantitative estimate of drug-likeness (QED) is 0.0215. The average molecular weight is 1330 g/mol. The summed E-state index contributed by atoms with van der Waals surface area (Å²) in [4.78, 5) is 108. The fraction of sp³-hybridized carbons (Fsp3) is 0.600. The van der Waals surface area contributed by atoms with E-state index in [4.69, 9.17) is 41.0 Å². The molecule has 464 valence electrons. The highest BCUT2D eigenvalue weighted by Gasteiger charge is 2.64. The van der Waals surface area contributed by atoms with Gasteiger partial charge in [-0.2, -0.15) is 0 Å². The minimum Gasteiger partial charge on any atom is -0.462 e. The van der Waals surface area contributed by atoms with Gasteiger partial charge in [-0.25, -0.2) is 18.4 Å². The van der Waals surface area contributed by atoms with Crippen LogP contribution in [0.3, 0.4) is 0 Å². The van der Waals surface area contributed by atoms with Gasteiger partial charge >= 0.3 is 24.1 Å². The highest BCUT2D eigenvalue weighted by Crippen LogP contribution is 2.50. The first-order valence-corrected chi connectivity index (χ1v) is 30.8. The van der Waals surface area contributed by atoms with Crippen molar-refractivity contribution in [1.29, 1.82) is 0 Å². The smallest absolute Gasteiger partial charge is 0.412 e. The Labute approximate surface area is 511 Å². The molecule has 10 atom stereocenters. The van der Waals surface area contributed by atoms with E-state index in [9.17, 15) is 43.5 Å². The van der Waals surface area contributed by atoms with Gasteiger partial charge in [-0.3, -0.25) is 34.1 Å². The summed E-state index contributed by atoms with van der Waals surface area (Å²) < 4.78 is 61.4. The number of rotatable bonds is 24. The number of nitrogens with one attached hydrogen (secondary N) is 3. The molecule has 2 aromatic rings. The fourth-order valence-corrected chi connectivity index (χ4v) is 12.5. The molecule has 24 heteroatoms. The van der Waals surface area contributed by atoms with Crippen LogP contribution in [0.25, 0.3) is 0 Å². The first-order valence-electron chi connectivity index (χ1n) is 28.2. The Balaban J connectivity index is 1.33. The SMILES string of the molecule is CO[C@@H]1/C=C/C=C(\C)Cc2cc(C)c(Cl)c(c2)N(C)C(=O)C[C@H](OC(=O)Nc2cc(F)c(CC(=O)[C@H](CCCNC(N)=O)NC(=O)[C@@H](CC(=O)CCCCC(C)OC(=O)C(CBr)CBr)C(C)C)cc2F)[C@]2(C)O[C@H]2[C@H](C)[C@@H]2C[C@@]1(O)CC(=O)O2. The standard InChI is InChI=1S/C60H80Br2ClF2N5O14/c1-32(2)41(25-40(71)16-11-10-15-35(5)81-56(76)39(30-61)31-62)55(75)68-44(17-13-19-67-57(66)77)47(72)24-38-23-43(65)45(26-42(38)64)69-58(78)83-50-27-51(73)70(8)46-22-37(21-34(4)53(46)63)20-33(3)14-12-18-49(80-9)60(79)28-48(82-52(74)29-60)36(6)54-59(50,7)84-54/h12,14,18,21-23,26,32,35-36,39,41,44,48-50,54,79H,10-11,13,15-17,19-20,24-25,27-31H2,1-9H3,(H,68,75)(H,69,78)(H3,66,67,77)/b18-12+,33-14+/t35?,36-,41+,44+,48+,49-,50+,54+,59+,60-/m1/s1. The van der Waals surface area contributed by atoms with E-state index in [1.165, 1.54) is 19.1 Å². The van der Waals surface area contributed by atoms with Gasteiger partial charge in [-0.1, -0.05) is 94.1 Å². The van der Waals surface area contributed by atoms with Crippen LogP contribution in [0.2, 0.25) is 5.02 Å². The van der Waals surface area contributed by atoms with E-state index in [2.05, 4.69) is 47.8 Å². The fourth-order valence-electron chi connectivity index (χ4n) is 10.7. The molecule has 5 rings (SSSR count). The lowest BCUT2D eigenvalue weighted by atomic mass is 9.78. The van der Waals surface area contributed by atoms with Crippen LogP contribution in [-0.2, 0) is 65.3 Å². The van der Waals surface area contributed by atoms with Crippen LogP contribution in [0.15, 0.2) is 48.1 Å². The lowest BCUT2D eigenvalue weighted by Crippen LogP contribution is -2.53. The van der Waals surface area contributed by atoms with Crippen molar-refractivity contribution in [3.05, 3.63) is 81.4 Å². The van der Waals surface area contributed by atoms with E-state index in [-0.39, 0.29) is 74.8 Å². The number of allylic oxidation sites excluding steroid dienone is 3. The lowest BCUT2D eigenvalue weighted by Gasteiger charge is -2.41. The maximum Gasteiger partial charge on any atom is 0.412 e. The van der Waals surface area contributed by atoms with Crippen molar-refractivity contribution in [2.75, 3.05) is 41.6 Å². The van der Waals surface area contributed by atoms with Crippen LogP contribution in [0, 0.1) is 42.2 Å². The summed E-state index contributed by atoms with van der Waals surface area (Å²) >= 11 is 13.4. The number of ketones is 2. The third-order valence-corrected chi connectivity index (χ3v) is 17.8. The molecule has 5 amide bonds. The number of halogens is 5. The number of urea groups is 1. The van der Waals surface area contributed by atoms with Crippen LogP contribution in [0.4, 0.5) is 29.7 Å². The number of hydrogen-bond donors (Lipinski definition) is 5. The molecule has 19 nitrogen and oxygen atoms in total. The third-order valence-electron chi connectivity index (χ3n) is 15.8. The summed E-state index contributed by atoms with van der Waals surface area (Å²) in [6, 6.07) is 2.93. The summed E-state index contributed by atoms with van der Waals surface area (Å²) in [5.74, 6) is -7.57. The Morgan fingerprint density at radius 2 is 1.70 bits per heavy atom. The molecule has 2 fully saturated rings. The number of carbonyl (C=O) groups excluding carboxylic acids is 8. The number of Topliss-reactive ketones (excluding diaryl/α,β-unsaturated/α-hetero) is 2. The Hall–Kier alpha value is -5.33. The Morgan fingerprint density at radius 3 is 2.36 bits per heavy atom. The molecule has 0 aliphatic carbocycles. The summed E-state index contributed by atoms with van der Waals surface area (Å²) in [5, 5.41) is 20.5. The second-order valence-electron chi connectivity index (χ2n) is 22.9. The maximum atomic E-state index is 16.1. The molecule has 4 bridgehead atoms. The summed E-state index contributed by atoms with van der Waals surface area (Å²) in [5.41, 5.74) is 3.77. The minimum absolute atomic E-state index is 0.0237. The monoisotopic (exact) mass is 1330 g/mol. The van der Waals surface area contributed by atoms with Gasteiger partial charge in [-0.15, -0.1) is 0 Å². The Kier molecular flexibility index (Phi) is 25.9. The molecule has 2 saturated heterocycles. The molecule has 0 radical (unpaired) electrons. The number of hydrogen-bond acceptors (Lipinski definition) is 14. The van der Waals surface area contributed by atoms with Crippen molar-refractivity contribution in [1.82, 2.24) is 10.6 Å². The van der Waals surface area contributed by atoms with Crippen molar-refractivity contribution < 1.29 is 75.9 Å². The second-order valence-corrected chi connectivity index (χ2v) is 24.6. The number of epoxide rings is 1. The molecule has 2 aromatic carbocycles. The number of aliphatic hydroxyl groups is 1. The number of nitrogens with zero attached hydrogens (tertiary/aromatic N) is 1. The summed E-state index contributed by atoms with van der Waals surface area (Å²) in [7, 11) is 2.93. The van der Waals surface area contributed by atoms with Crippen molar-refractivity contribution in [2.45, 2.75) is 173 Å². The highest BCUT2D eigenvalue weighted by molar-refractivity contribution is 9.09. The van der Waals surface area contributed by atoms with E-state index in [1.54, 1.807) is 59.8 Å². The van der Waals surface area contributed by atoms with Crippen molar-refractivity contribution in [3.63, 3.8) is 0 Å². The van der Waals surface area contributed by atoms with Gasteiger partial charge in [0.05, 0.1) is 53.4 Å². The Morgan fingerprint density at radius 1 is 1.00 bits per heavy atom. The number of unbranched alkanes of at least 4 members (excludes halogenated alkanes) is 1. The number of benzene rings is 2. The third kappa shape index (κ3) is 19.1. The second kappa shape index (κ2) is 31.4. The number of carbonyl (C=O) groups is 8. The van der Waals surface area contributed by atoms with Gasteiger partial charge in [0.1, 0.15) is 46.9 Å². The number of nitrogens with two attached hydrogens (primary N) is 1. The van der Waals surface area contributed by atoms with Gasteiger partial charge in [0.15, 0.2) is 5.78 Å². The van der Waals surface area contributed by atoms with Crippen LogP contribution in [-0.4, -0.2) is 132 Å². The predicted octanol–water partition coefficient (Wildman–Crippen LogP) is 9.38. The number of amides is 5. The van der Waals surface area contributed by atoms with Gasteiger partial charge in [0.2, 0.25) is 11.8 Å². The number of primary amides is 1. The number of alkyl halides is 2. The molecule has 3 aliphatic heterocycles. The van der Waals surface area contributed by atoms with Crippen LogP contribution < -0.4 is 26.6 Å². The molecule has 6 N–H and O–H groups in total. The van der Waals surface area contributed by atoms with Gasteiger partial charge in [0, 0.05) is 74.9 Å². The normalized spacial score (nSPS) is 24.8. The number of methoxy groups -OCH3 is 1. The summed E-state index contributed by atoms with van der Waals surface area (Å²) in [6.07, 6.45) is 0.0188. The van der Waals surface area contributed by atoms with E-state index >= 15 is 8.78 Å². The van der Waals surface area contributed by atoms with Crippen LogP contribution >= 0.6 is 43.5 Å². The molecule has 0 aromatic heterocycles. The topological polar surface area (TPSA) is 272 Å². The van der Waals surface area contributed by atoms with Gasteiger partial charge in [-0.05, 0) is 101 Å². The largest absolute Gasteiger partial charge is 0.462 e. The van der Waals surface area contributed by atoms with Crippen LogP contribution in [0.5, 0.6) is 0 Å². The molecule has 3 aliphatic rings. The molecular weight excluding hydrogens is 1250 g/mol. The predicted molar refractivity (Wildman–Crippen MR) is 319 cm³/mol. The lowest BCUT2D eigenvalue weighted by molar-refractivity contribution is -0.187. The first-order chi connectivity index (χ1) is 39.5. The number of ether oxygens (including phenoxy) is 5. The zero-order valence-corrected chi connectivity index (χ0v) is 53.0. The van der Waals surface area contributed by atoms with Crippen molar-refractivity contribution in [3.8, 4) is 0 Å². The molecule has 84 heavy (non-hydrogen) atoms. The first kappa shape index (κ1) is 69.4. The molecule has 0 spiro atoms. The molecular formula is C60H80Br2ClF2N5O14. The zero-order valence-electron chi connectivity index (χ0n) is 49.1. The summed E-state index contributed by atoms with van der Waals surface area (Å²) in [6.45, 7) is 12.3. The van der Waals surface area contributed by atoms with Crippen molar-refractivity contribution in [2.24, 2.45) is 29.4 Å². The Bertz CT molecular complexity index is 2800. The number of esters is 2. The zero-order chi connectivity index (χ0) is 62.4. The molecule has 1 unspecified atom stereocenters. The van der Waals surface area contributed by atoms with E-state index < -0.39 is 125 Å². The average Bonchev–Trinajstić information content (AvgIpc) is 1.87. The molecule has 3 heterocycles. The molecule has 0 saturated carbocycles. The number of aryl methyl sites for hydroxylation is 1. The van der Waals surface area contributed by atoms with Gasteiger partial charge < -0.3 is 50.1 Å². The van der Waals surface area contributed by atoms with E-state index in [1.807, 2.05) is 19.1 Å².